The Kier molecular flexibility index (Phi) is 7.29. The molecule has 0 amide bonds. The zero-order chi connectivity index (χ0) is 15.2. The number of ether oxygens (including phenoxy) is 1. The van der Waals surface area contributed by atoms with E-state index in [1.165, 1.54) is 11.8 Å². The molecular formula is C14H27NO4S. The van der Waals surface area contributed by atoms with Crippen molar-refractivity contribution in [1.29, 1.82) is 0 Å². The number of nitrogens with one attached hydrogen (secondary N) is 1. The number of carbonyl (C=O) groups excluding carboxylic acids is 1. The first-order valence-corrected chi connectivity index (χ1v) is 8.43. The molecule has 1 aliphatic rings. The van der Waals surface area contributed by atoms with Crippen LogP contribution in [0.25, 0.3) is 0 Å². The van der Waals surface area contributed by atoms with Crippen molar-refractivity contribution in [2.75, 3.05) is 24.7 Å². The van der Waals surface area contributed by atoms with Gasteiger partial charge in [0.25, 0.3) is 0 Å². The molecule has 20 heavy (non-hydrogen) atoms. The summed E-state index contributed by atoms with van der Waals surface area (Å²) in [5, 5.41) is 21.7. The van der Waals surface area contributed by atoms with E-state index in [0.29, 0.717) is 24.0 Å². The molecule has 0 heterocycles. The van der Waals surface area contributed by atoms with Crippen molar-refractivity contribution in [1.82, 2.24) is 5.32 Å². The van der Waals surface area contributed by atoms with Crippen LogP contribution >= 0.6 is 11.8 Å². The van der Waals surface area contributed by atoms with E-state index in [4.69, 9.17) is 9.84 Å². The quantitative estimate of drug-likeness (QED) is 0.518. The topological polar surface area (TPSA) is 78.8 Å². The van der Waals surface area contributed by atoms with Crippen LogP contribution in [0.2, 0.25) is 0 Å². The van der Waals surface area contributed by atoms with Crippen molar-refractivity contribution in [3.05, 3.63) is 0 Å². The molecule has 0 saturated heterocycles. The van der Waals surface area contributed by atoms with Gasteiger partial charge in [-0.25, -0.2) is 0 Å². The summed E-state index contributed by atoms with van der Waals surface area (Å²) in [6.07, 6.45) is 1.32. The van der Waals surface area contributed by atoms with Gasteiger partial charge in [-0.2, -0.15) is 11.8 Å². The molecule has 1 rings (SSSR count). The van der Waals surface area contributed by atoms with E-state index >= 15 is 0 Å². The van der Waals surface area contributed by atoms with Gasteiger partial charge in [0.1, 0.15) is 5.54 Å². The zero-order valence-corrected chi connectivity index (χ0v) is 13.4. The standard InChI is InChI=1S/C14H27NO4S/c1-4-19-13(18)14(11-5-6-11,15-10(2)3)9-20-8-12(17)7-16/h10-12,15-17H,4-9H2,1-3H3. The van der Waals surface area contributed by atoms with Gasteiger partial charge in [-0.05, 0) is 39.5 Å². The van der Waals surface area contributed by atoms with Crippen molar-refractivity contribution < 1.29 is 19.7 Å². The fraction of sp³-hybridized carbons (Fsp3) is 0.929. The van der Waals surface area contributed by atoms with Gasteiger partial charge in [0.05, 0.1) is 19.3 Å². The second kappa shape index (κ2) is 8.22. The first-order valence-electron chi connectivity index (χ1n) is 7.27. The Morgan fingerprint density at radius 3 is 2.60 bits per heavy atom. The summed E-state index contributed by atoms with van der Waals surface area (Å²) in [7, 11) is 0. The number of carbonyl (C=O) groups is 1. The normalized spacial score (nSPS) is 19.7. The fourth-order valence-corrected chi connectivity index (χ4v) is 3.58. The van der Waals surface area contributed by atoms with Crippen LogP contribution in [0.15, 0.2) is 0 Å². The molecule has 5 nitrogen and oxygen atoms in total. The smallest absolute Gasteiger partial charge is 0.327 e. The molecule has 0 spiro atoms. The lowest BCUT2D eigenvalue weighted by atomic mass is 9.94. The van der Waals surface area contributed by atoms with Crippen LogP contribution in [0.5, 0.6) is 0 Å². The summed E-state index contributed by atoms with van der Waals surface area (Å²) in [6.45, 7) is 5.97. The lowest BCUT2D eigenvalue weighted by Gasteiger charge is -2.34. The number of aliphatic hydroxyl groups excluding tert-OH is 2. The molecule has 2 atom stereocenters. The van der Waals surface area contributed by atoms with E-state index in [0.717, 1.165) is 12.8 Å². The van der Waals surface area contributed by atoms with E-state index in [-0.39, 0.29) is 18.6 Å². The summed E-state index contributed by atoms with van der Waals surface area (Å²) in [5.41, 5.74) is -0.663. The van der Waals surface area contributed by atoms with Crippen molar-refractivity contribution >= 4 is 17.7 Å². The minimum Gasteiger partial charge on any atom is -0.465 e. The highest BCUT2D eigenvalue weighted by molar-refractivity contribution is 7.99. The van der Waals surface area contributed by atoms with Crippen molar-refractivity contribution in [3.8, 4) is 0 Å². The van der Waals surface area contributed by atoms with Gasteiger partial charge in [-0.1, -0.05) is 0 Å². The zero-order valence-electron chi connectivity index (χ0n) is 12.6. The Balaban J connectivity index is 2.72. The molecule has 118 valence electrons. The third kappa shape index (κ3) is 4.91. The predicted molar refractivity (Wildman–Crippen MR) is 80.8 cm³/mol. The molecule has 1 saturated carbocycles. The van der Waals surface area contributed by atoms with Crippen LogP contribution in [0, 0.1) is 5.92 Å². The number of esters is 1. The predicted octanol–water partition coefficient (Wildman–Crippen LogP) is 0.783. The average Bonchev–Trinajstić information content (AvgIpc) is 3.21. The van der Waals surface area contributed by atoms with Gasteiger partial charge in [-0.15, -0.1) is 0 Å². The first kappa shape index (κ1) is 17.8. The maximum absolute atomic E-state index is 12.4. The highest BCUT2D eigenvalue weighted by Crippen LogP contribution is 2.42. The van der Waals surface area contributed by atoms with Crippen LogP contribution in [-0.2, 0) is 9.53 Å². The maximum Gasteiger partial charge on any atom is 0.327 e. The van der Waals surface area contributed by atoms with Gasteiger partial charge in [0.15, 0.2) is 0 Å². The molecule has 6 heteroatoms. The largest absolute Gasteiger partial charge is 0.465 e. The minimum atomic E-state index is -0.738. The second-order valence-corrected chi connectivity index (χ2v) is 6.65. The molecule has 1 aliphatic carbocycles. The lowest BCUT2D eigenvalue weighted by molar-refractivity contribution is -0.151. The molecule has 0 radical (unpaired) electrons. The summed E-state index contributed by atoms with van der Waals surface area (Å²) < 4.78 is 5.27. The molecular weight excluding hydrogens is 278 g/mol. The summed E-state index contributed by atoms with van der Waals surface area (Å²) in [4.78, 5) is 12.4. The van der Waals surface area contributed by atoms with Gasteiger partial charge >= 0.3 is 5.97 Å². The Morgan fingerprint density at radius 2 is 2.15 bits per heavy atom. The second-order valence-electron chi connectivity index (χ2n) is 5.62. The molecule has 1 fully saturated rings. The Hall–Kier alpha value is -0.300. The number of hydrogen-bond donors (Lipinski definition) is 3. The van der Waals surface area contributed by atoms with Crippen LogP contribution < -0.4 is 5.32 Å². The monoisotopic (exact) mass is 305 g/mol. The van der Waals surface area contributed by atoms with Gasteiger partial charge in [-0.3, -0.25) is 10.1 Å². The van der Waals surface area contributed by atoms with Gasteiger partial charge in [0, 0.05) is 17.5 Å². The third-order valence-corrected chi connectivity index (χ3v) is 4.59. The lowest BCUT2D eigenvalue weighted by Crippen LogP contribution is -2.59. The van der Waals surface area contributed by atoms with Crippen LogP contribution in [0.3, 0.4) is 0 Å². The molecule has 0 aliphatic heterocycles. The van der Waals surface area contributed by atoms with Crippen LogP contribution in [0.4, 0.5) is 0 Å². The highest BCUT2D eigenvalue weighted by Gasteiger charge is 2.52. The average molecular weight is 305 g/mol. The first-order chi connectivity index (χ1) is 9.46. The number of hydrogen-bond acceptors (Lipinski definition) is 6. The van der Waals surface area contributed by atoms with E-state index in [9.17, 15) is 9.90 Å². The number of rotatable bonds is 10. The number of aliphatic hydroxyl groups is 2. The molecule has 2 unspecified atom stereocenters. The summed E-state index contributed by atoms with van der Waals surface area (Å²) in [6, 6.07) is 0.184. The molecule has 3 N–H and O–H groups in total. The van der Waals surface area contributed by atoms with Crippen molar-refractivity contribution in [2.45, 2.75) is 51.3 Å². The van der Waals surface area contributed by atoms with E-state index in [1.807, 2.05) is 20.8 Å². The maximum atomic E-state index is 12.4. The summed E-state index contributed by atoms with van der Waals surface area (Å²) >= 11 is 1.48. The van der Waals surface area contributed by atoms with E-state index < -0.39 is 11.6 Å². The van der Waals surface area contributed by atoms with Crippen molar-refractivity contribution in [2.24, 2.45) is 5.92 Å². The Morgan fingerprint density at radius 1 is 1.50 bits per heavy atom. The summed E-state index contributed by atoms with van der Waals surface area (Å²) in [5.74, 6) is 1.10. The fourth-order valence-electron chi connectivity index (χ4n) is 2.32. The van der Waals surface area contributed by atoms with E-state index in [2.05, 4.69) is 5.32 Å². The van der Waals surface area contributed by atoms with Crippen molar-refractivity contribution in [3.63, 3.8) is 0 Å². The van der Waals surface area contributed by atoms with E-state index in [1.54, 1.807) is 0 Å². The molecule has 0 aromatic carbocycles. The number of thioether (sulfide) groups is 1. The van der Waals surface area contributed by atoms with Crippen LogP contribution in [-0.4, -0.2) is 58.6 Å². The Labute approximate surface area is 125 Å². The minimum absolute atomic E-state index is 0.184. The molecule has 0 bridgehead atoms. The molecule has 0 aromatic heterocycles. The van der Waals surface area contributed by atoms with Crippen LogP contribution in [0.1, 0.15) is 33.6 Å². The third-order valence-electron chi connectivity index (χ3n) is 3.31. The highest BCUT2D eigenvalue weighted by atomic mass is 32.2. The Bertz CT molecular complexity index is 310. The van der Waals surface area contributed by atoms with Gasteiger partial charge in [0.2, 0.25) is 0 Å². The molecule has 0 aromatic rings. The van der Waals surface area contributed by atoms with Gasteiger partial charge < -0.3 is 14.9 Å². The SMILES string of the molecule is CCOC(=O)C(CSCC(O)CO)(NC(C)C)C1CC1.